The highest BCUT2D eigenvalue weighted by molar-refractivity contribution is 5.66. The molecular weight excluding hydrogens is 160 g/mol. The van der Waals surface area contributed by atoms with Gasteiger partial charge in [0.15, 0.2) is 6.79 Å². The van der Waals surface area contributed by atoms with Gasteiger partial charge in [-0.05, 0) is 18.9 Å². The number of carboxylic acids is 1. The van der Waals surface area contributed by atoms with E-state index in [4.69, 9.17) is 9.84 Å². The van der Waals surface area contributed by atoms with Crippen molar-refractivity contribution in [3.63, 3.8) is 0 Å². The van der Waals surface area contributed by atoms with Crippen molar-refractivity contribution in [2.24, 2.45) is 0 Å². The minimum atomic E-state index is -0.763. The number of hydrogen-bond acceptors (Lipinski definition) is 3. The van der Waals surface area contributed by atoms with E-state index >= 15 is 0 Å². The standard InChI is InChI=1S/C8H14O4/c1-11-7-12-6-4-2-3-5-8(9)10/h4,6H,2-3,5,7H2,1H3,(H,9,10). The fraction of sp³-hybridized carbons (Fsp3) is 0.625. The Bertz CT molecular complexity index is 142. The van der Waals surface area contributed by atoms with Crippen LogP contribution in [-0.4, -0.2) is 25.0 Å². The summed E-state index contributed by atoms with van der Waals surface area (Å²) in [5.74, 6) is -0.763. The van der Waals surface area contributed by atoms with Crippen LogP contribution >= 0.6 is 0 Å². The molecular formula is C8H14O4. The average Bonchev–Trinajstić information content (AvgIpc) is 2.02. The van der Waals surface area contributed by atoms with Crippen molar-refractivity contribution in [1.82, 2.24) is 0 Å². The van der Waals surface area contributed by atoms with Crippen molar-refractivity contribution in [1.29, 1.82) is 0 Å². The van der Waals surface area contributed by atoms with E-state index in [1.54, 1.807) is 6.08 Å². The molecule has 0 atom stereocenters. The van der Waals surface area contributed by atoms with Crippen LogP contribution in [0.4, 0.5) is 0 Å². The van der Waals surface area contributed by atoms with Crippen LogP contribution < -0.4 is 0 Å². The Morgan fingerprint density at radius 1 is 1.58 bits per heavy atom. The molecule has 0 saturated heterocycles. The minimum absolute atomic E-state index is 0.203. The van der Waals surface area contributed by atoms with E-state index in [1.165, 1.54) is 13.4 Å². The van der Waals surface area contributed by atoms with Crippen molar-refractivity contribution in [3.8, 4) is 0 Å². The van der Waals surface area contributed by atoms with Gasteiger partial charge in [-0.2, -0.15) is 0 Å². The van der Waals surface area contributed by atoms with Crippen molar-refractivity contribution in [2.75, 3.05) is 13.9 Å². The molecule has 0 saturated carbocycles. The number of carbonyl (C=O) groups is 1. The van der Waals surface area contributed by atoms with Crippen molar-refractivity contribution in [2.45, 2.75) is 19.3 Å². The molecule has 0 bridgehead atoms. The molecule has 0 aliphatic carbocycles. The molecule has 0 fully saturated rings. The normalized spacial score (nSPS) is 10.4. The van der Waals surface area contributed by atoms with Crippen LogP contribution in [0.5, 0.6) is 0 Å². The molecule has 0 aliphatic heterocycles. The largest absolute Gasteiger partial charge is 0.481 e. The van der Waals surface area contributed by atoms with Crippen molar-refractivity contribution in [3.05, 3.63) is 12.3 Å². The summed E-state index contributed by atoms with van der Waals surface area (Å²) in [6.07, 6.45) is 4.86. The first-order valence-corrected chi connectivity index (χ1v) is 3.74. The second-order valence-corrected chi connectivity index (χ2v) is 2.23. The molecule has 0 aromatic heterocycles. The van der Waals surface area contributed by atoms with E-state index < -0.39 is 5.97 Å². The van der Waals surface area contributed by atoms with Gasteiger partial charge < -0.3 is 14.6 Å². The molecule has 12 heavy (non-hydrogen) atoms. The lowest BCUT2D eigenvalue weighted by Crippen LogP contribution is -1.92. The summed E-state index contributed by atoms with van der Waals surface area (Å²) >= 11 is 0. The third-order valence-electron chi connectivity index (χ3n) is 1.14. The quantitative estimate of drug-likeness (QED) is 0.360. The maximum absolute atomic E-state index is 10.1. The van der Waals surface area contributed by atoms with Gasteiger partial charge in [-0.1, -0.05) is 0 Å². The number of ether oxygens (including phenoxy) is 2. The molecule has 1 N–H and O–H groups in total. The number of unbranched alkanes of at least 4 members (excludes halogenated alkanes) is 1. The molecule has 0 radical (unpaired) electrons. The van der Waals surface area contributed by atoms with Gasteiger partial charge in [0.2, 0.25) is 0 Å². The van der Waals surface area contributed by atoms with E-state index in [0.717, 1.165) is 6.42 Å². The molecule has 0 aliphatic rings. The lowest BCUT2D eigenvalue weighted by molar-refractivity contribution is -0.137. The predicted molar refractivity (Wildman–Crippen MR) is 43.6 cm³/mol. The van der Waals surface area contributed by atoms with E-state index in [0.29, 0.717) is 6.42 Å². The summed E-state index contributed by atoms with van der Waals surface area (Å²) in [6.45, 7) is 0.232. The fourth-order valence-corrected chi connectivity index (χ4v) is 0.615. The number of methoxy groups -OCH3 is 1. The Kier molecular flexibility index (Phi) is 7.38. The lowest BCUT2D eigenvalue weighted by Gasteiger charge is -1.95. The molecule has 0 aromatic rings. The second kappa shape index (κ2) is 8.07. The number of carboxylic acid groups (broad SMARTS) is 1. The Morgan fingerprint density at radius 2 is 2.33 bits per heavy atom. The first-order chi connectivity index (χ1) is 5.77. The summed E-state index contributed by atoms with van der Waals surface area (Å²) in [7, 11) is 1.54. The smallest absolute Gasteiger partial charge is 0.303 e. The monoisotopic (exact) mass is 174 g/mol. The van der Waals surface area contributed by atoms with Crippen molar-refractivity contribution >= 4 is 5.97 Å². The molecule has 0 amide bonds. The third-order valence-corrected chi connectivity index (χ3v) is 1.14. The van der Waals surface area contributed by atoms with Crippen molar-refractivity contribution < 1.29 is 19.4 Å². The SMILES string of the molecule is COCOC=CCCCC(=O)O. The van der Waals surface area contributed by atoms with Gasteiger partial charge >= 0.3 is 5.97 Å². The van der Waals surface area contributed by atoms with Crippen LogP contribution in [0.1, 0.15) is 19.3 Å². The summed E-state index contributed by atoms with van der Waals surface area (Å²) in [5.41, 5.74) is 0. The zero-order valence-electron chi connectivity index (χ0n) is 7.16. The third kappa shape index (κ3) is 8.97. The fourth-order valence-electron chi connectivity index (χ4n) is 0.615. The molecule has 0 aromatic carbocycles. The zero-order valence-corrected chi connectivity index (χ0v) is 7.16. The van der Waals surface area contributed by atoms with Gasteiger partial charge in [0, 0.05) is 13.5 Å². The van der Waals surface area contributed by atoms with E-state index in [-0.39, 0.29) is 13.2 Å². The second-order valence-electron chi connectivity index (χ2n) is 2.23. The molecule has 0 unspecified atom stereocenters. The molecule has 4 nitrogen and oxygen atoms in total. The van der Waals surface area contributed by atoms with Crippen LogP contribution in [-0.2, 0) is 14.3 Å². The number of rotatable bonds is 7. The summed E-state index contributed by atoms with van der Waals surface area (Å²) in [6, 6.07) is 0. The van der Waals surface area contributed by atoms with Crippen LogP contribution in [0.2, 0.25) is 0 Å². The highest BCUT2D eigenvalue weighted by Gasteiger charge is 1.92. The Morgan fingerprint density at radius 3 is 2.92 bits per heavy atom. The van der Waals surface area contributed by atoms with Crippen LogP contribution in [0.15, 0.2) is 12.3 Å². The zero-order chi connectivity index (χ0) is 9.23. The Labute approximate surface area is 71.8 Å². The topological polar surface area (TPSA) is 55.8 Å². The first-order valence-electron chi connectivity index (χ1n) is 3.74. The number of aliphatic carboxylic acids is 1. The molecule has 0 rings (SSSR count). The molecule has 0 heterocycles. The lowest BCUT2D eigenvalue weighted by atomic mass is 10.2. The van der Waals surface area contributed by atoms with Gasteiger partial charge in [0.1, 0.15) is 0 Å². The highest BCUT2D eigenvalue weighted by atomic mass is 16.7. The summed E-state index contributed by atoms with van der Waals surface area (Å²) in [4.78, 5) is 10.1. The van der Waals surface area contributed by atoms with E-state index in [2.05, 4.69) is 4.74 Å². The predicted octanol–water partition coefficient (Wildman–Crippen LogP) is 1.38. The van der Waals surface area contributed by atoms with Gasteiger partial charge in [0.25, 0.3) is 0 Å². The van der Waals surface area contributed by atoms with Gasteiger partial charge in [-0.25, -0.2) is 0 Å². The Hall–Kier alpha value is -1.03. The van der Waals surface area contributed by atoms with Crippen LogP contribution in [0.25, 0.3) is 0 Å². The highest BCUT2D eigenvalue weighted by Crippen LogP contribution is 1.96. The Balaban J connectivity index is 3.08. The van der Waals surface area contributed by atoms with Gasteiger partial charge in [-0.3, -0.25) is 4.79 Å². The number of hydrogen-bond donors (Lipinski definition) is 1. The summed E-state index contributed by atoms with van der Waals surface area (Å²) in [5, 5.41) is 8.28. The molecule has 70 valence electrons. The minimum Gasteiger partial charge on any atom is -0.481 e. The maximum Gasteiger partial charge on any atom is 0.303 e. The van der Waals surface area contributed by atoms with Gasteiger partial charge in [-0.15, -0.1) is 0 Å². The van der Waals surface area contributed by atoms with E-state index in [1.807, 2.05) is 0 Å². The van der Waals surface area contributed by atoms with Crippen LogP contribution in [0, 0.1) is 0 Å². The van der Waals surface area contributed by atoms with E-state index in [9.17, 15) is 4.79 Å². The number of allylic oxidation sites excluding steroid dienone is 1. The molecule has 0 spiro atoms. The summed E-state index contributed by atoms with van der Waals surface area (Å²) < 4.78 is 9.46. The van der Waals surface area contributed by atoms with Gasteiger partial charge in [0.05, 0.1) is 6.26 Å². The first kappa shape index (κ1) is 11.0. The molecule has 4 heteroatoms. The average molecular weight is 174 g/mol. The maximum atomic E-state index is 10.1. The van der Waals surface area contributed by atoms with Crippen LogP contribution in [0.3, 0.4) is 0 Å².